The van der Waals surface area contributed by atoms with E-state index in [0.717, 1.165) is 17.8 Å². The minimum absolute atomic E-state index is 0.0593. The summed E-state index contributed by atoms with van der Waals surface area (Å²) in [7, 11) is 3.95. The van der Waals surface area contributed by atoms with Crippen molar-refractivity contribution in [2.24, 2.45) is 5.92 Å². The average Bonchev–Trinajstić information content (AvgIpc) is 3.02. The van der Waals surface area contributed by atoms with Crippen LogP contribution in [0.25, 0.3) is 0 Å². The summed E-state index contributed by atoms with van der Waals surface area (Å²) in [6, 6.07) is 17.8. The maximum atomic E-state index is 12.5. The first-order chi connectivity index (χ1) is 12.5. The zero-order valence-corrected chi connectivity index (χ0v) is 15.3. The van der Waals surface area contributed by atoms with E-state index in [4.69, 9.17) is 0 Å². The topological polar surface area (TPSA) is 52.7 Å². The van der Waals surface area contributed by atoms with Crippen LogP contribution >= 0.6 is 0 Å². The molecule has 136 valence electrons. The molecule has 1 heterocycles. The van der Waals surface area contributed by atoms with Gasteiger partial charge in [-0.1, -0.05) is 30.3 Å². The first-order valence-corrected chi connectivity index (χ1v) is 8.93. The lowest BCUT2D eigenvalue weighted by Crippen LogP contribution is -2.30. The van der Waals surface area contributed by atoms with E-state index in [9.17, 15) is 9.59 Å². The molecular weight excluding hydrogens is 326 g/mol. The predicted octanol–water partition coefficient (Wildman–Crippen LogP) is 2.78. The van der Waals surface area contributed by atoms with Gasteiger partial charge in [-0.05, 0) is 36.2 Å². The molecule has 1 fully saturated rings. The Hall–Kier alpha value is -2.82. The van der Waals surface area contributed by atoms with Crippen molar-refractivity contribution in [1.29, 1.82) is 0 Å². The number of nitrogens with zero attached hydrogens (tertiary/aromatic N) is 2. The van der Waals surface area contributed by atoms with E-state index in [1.54, 1.807) is 4.90 Å². The number of carbonyl (C=O) groups is 2. The van der Waals surface area contributed by atoms with Crippen LogP contribution in [0.2, 0.25) is 0 Å². The fourth-order valence-corrected chi connectivity index (χ4v) is 3.16. The Labute approximate surface area is 154 Å². The Bertz CT molecular complexity index is 757. The highest BCUT2D eigenvalue weighted by molar-refractivity contribution is 5.97. The minimum atomic E-state index is -0.285. The molecule has 0 unspecified atom stereocenters. The van der Waals surface area contributed by atoms with Crippen LogP contribution in [0.1, 0.15) is 12.0 Å². The zero-order valence-electron chi connectivity index (χ0n) is 15.3. The lowest BCUT2D eigenvalue weighted by molar-refractivity contribution is -0.128. The van der Waals surface area contributed by atoms with Gasteiger partial charge in [-0.25, -0.2) is 0 Å². The van der Waals surface area contributed by atoms with Crippen LogP contribution in [0.15, 0.2) is 54.6 Å². The number of nitrogens with one attached hydrogen (secondary N) is 1. The van der Waals surface area contributed by atoms with Gasteiger partial charge in [-0.2, -0.15) is 0 Å². The fraction of sp³-hybridized carbons (Fsp3) is 0.333. The molecule has 1 aliphatic rings. The summed E-state index contributed by atoms with van der Waals surface area (Å²) in [4.78, 5) is 28.5. The number of hydrogen-bond donors (Lipinski definition) is 1. The third-order valence-corrected chi connectivity index (χ3v) is 4.75. The lowest BCUT2D eigenvalue weighted by Gasteiger charge is -2.17. The molecule has 2 aromatic rings. The number of anilines is 2. The van der Waals surface area contributed by atoms with Gasteiger partial charge in [0.15, 0.2) is 0 Å². The number of carbonyl (C=O) groups excluding carboxylic acids is 2. The Kier molecular flexibility index (Phi) is 5.56. The second-order valence-corrected chi connectivity index (χ2v) is 6.91. The van der Waals surface area contributed by atoms with E-state index in [1.807, 2.05) is 61.5 Å². The minimum Gasteiger partial charge on any atom is -0.378 e. The molecule has 0 radical (unpaired) electrons. The Balaban J connectivity index is 1.53. The maximum absolute atomic E-state index is 12.5. The molecule has 1 saturated heterocycles. The van der Waals surface area contributed by atoms with Crippen molar-refractivity contribution >= 4 is 23.2 Å². The lowest BCUT2D eigenvalue weighted by atomic mass is 10.1. The summed E-state index contributed by atoms with van der Waals surface area (Å²) in [6.45, 7) is 1.15. The molecule has 0 aliphatic carbocycles. The summed E-state index contributed by atoms with van der Waals surface area (Å²) in [6.07, 6.45) is 1.10. The number of likely N-dealkylation sites (tertiary alicyclic amines) is 1. The molecule has 0 bridgehead atoms. The van der Waals surface area contributed by atoms with Gasteiger partial charge >= 0.3 is 0 Å². The number of hydrogen-bond acceptors (Lipinski definition) is 3. The van der Waals surface area contributed by atoms with Crippen LogP contribution in [-0.4, -0.2) is 43.9 Å². The van der Waals surface area contributed by atoms with Crippen LogP contribution in [-0.2, 0) is 16.0 Å². The van der Waals surface area contributed by atoms with Gasteiger partial charge in [-0.15, -0.1) is 0 Å². The molecule has 0 saturated carbocycles. The average molecular weight is 351 g/mol. The van der Waals surface area contributed by atoms with Crippen LogP contribution in [0, 0.1) is 5.92 Å². The van der Waals surface area contributed by atoms with Gasteiger partial charge in [-0.3, -0.25) is 9.59 Å². The first kappa shape index (κ1) is 18.0. The van der Waals surface area contributed by atoms with E-state index >= 15 is 0 Å². The van der Waals surface area contributed by atoms with Crippen molar-refractivity contribution in [2.75, 3.05) is 37.4 Å². The third-order valence-electron chi connectivity index (χ3n) is 4.75. The van der Waals surface area contributed by atoms with Gasteiger partial charge in [0.1, 0.15) is 0 Å². The second-order valence-electron chi connectivity index (χ2n) is 6.91. The maximum Gasteiger partial charge on any atom is 0.229 e. The summed E-state index contributed by atoms with van der Waals surface area (Å²) in [5.41, 5.74) is 3.04. The van der Waals surface area contributed by atoms with E-state index in [1.165, 1.54) is 5.56 Å². The predicted molar refractivity (Wildman–Crippen MR) is 104 cm³/mol. The van der Waals surface area contributed by atoms with Crippen LogP contribution in [0.5, 0.6) is 0 Å². The first-order valence-electron chi connectivity index (χ1n) is 8.93. The highest BCUT2D eigenvalue weighted by Crippen LogP contribution is 2.21. The monoisotopic (exact) mass is 351 g/mol. The van der Waals surface area contributed by atoms with Gasteiger partial charge < -0.3 is 15.1 Å². The summed E-state index contributed by atoms with van der Waals surface area (Å²) in [5, 5.41) is 2.93. The number of benzene rings is 2. The quantitative estimate of drug-likeness (QED) is 0.871. The molecule has 0 spiro atoms. The highest BCUT2D eigenvalue weighted by atomic mass is 16.2. The standard InChI is InChI=1S/C21H25N3O2/c1-23(2)19-10-8-18(9-11-19)22-21(26)17-14-20(25)24(15-17)13-12-16-6-4-3-5-7-16/h3-11,17H,12-15H2,1-2H3,(H,22,26)/t17-/m1/s1. The van der Waals surface area contributed by atoms with Crippen molar-refractivity contribution in [3.63, 3.8) is 0 Å². The zero-order chi connectivity index (χ0) is 18.5. The van der Waals surface area contributed by atoms with E-state index in [0.29, 0.717) is 13.1 Å². The van der Waals surface area contributed by atoms with Gasteiger partial charge in [0.05, 0.1) is 5.92 Å². The molecule has 26 heavy (non-hydrogen) atoms. The summed E-state index contributed by atoms with van der Waals surface area (Å²) < 4.78 is 0. The van der Waals surface area contributed by atoms with Crippen molar-refractivity contribution in [3.8, 4) is 0 Å². The molecule has 1 aliphatic heterocycles. The molecule has 2 aromatic carbocycles. The molecule has 5 nitrogen and oxygen atoms in total. The Morgan fingerprint density at radius 1 is 1.12 bits per heavy atom. The molecule has 2 amide bonds. The smallest absolute Gasteiger partial charge is 0.229 e. The fourth-order valence-electron chi connectivity index (χ4n) is 3.16. The van der Waals surface area contributed by atoms with Crippen molar-refractivity contribution in [3.05, 3.63) is 60.2 Å². The molecule has 3 rings (SSSR count). The normalized spacial score (nSPS) is 16.6. The second kappa shape index (κ2) is 8.04. The molecule has 5 heteroatoms. The Morgan fingerprint density at radius 3 is 2.46 bits per heavy atom. The van der Waals surface area contributed by atoms with Crippen LogP contribution in [0.4, 0.5) is 11.4 Å². The third kappa shape index (κ3) is 4.42. The van der Waals surface area contributed by atoms with Crippen molar-refractivity contribution in [1.82, 2.24) is 4.90 Å². The molecule has 1 N–H and O–H groups in total. The van der Waals surface area contributed by atoms with Crippen molar-refractivity contribution < 1.29 is 9.59 Å². The van der Waals surface area contributed by atoms with Crippen molar-refractivity contribution in [2.45, 2.75) is 12.8 Å². The van der Waals surface area contributed by atoms with Crippen LogP contribution < -0.4 is 10.2 Å². The number of rotatable bonds is 6. The largest absolute Gasteiger partial charge is 0.378 e. The van der Waals surface area contributed by atoms with Crippen LogP contribution in [0.3, 0.4) is 0 Å². The molecule has 1 atom stereocenters. The molecule has 0 aromatic heterocycles. The van der Waals surface area contributed by atoms with Gasteiger partial charge in [0, 0.05) is 45.0 Å². The Morgan fingerprint density at radius 2 is 1.81 bits per heavy atom. The summed E-state index contributed by atoms with van der Waals surface area (Å²) >= 11 is 0. The van der Waals surface area contributed by atoms with E-state index in [-0.39, 0.29) is 24.2 Å². The van der Waals surface area contributed by atoms with E-state index in [2.05, 4.69) is 17.4 Å². The van der Waals surface area contributed by atoms with Gasteiger partial charge in [0.25, 0.3) is 0 Å². The van der Waals surface area contributed by atoms with E-state index < -0.39 is 0 Å². The SMILES string of the molecule is CN(C)c1ccc(NC(=O)[C@@H]2CC(=O)N(CCc3ccccc3)C2)cc1. The summed E-state index contributed by atoms with van der Waals surface area (Å²) in [5.74, 6) is -0.311. The van der Waals surface area contributed by atoms with Gasteiger partial charge in [0.2, 0.25) is 11.8 Å². The highest BCUT2D eigenvalue weighted by Gasteiger charge is 2.33. The number of amides is 2. The molecular formula is C21H25N3O2.